The number of hydrogen-bond acceptors (Lipinski definition) is 3. The van der Waals surface area contributed by atoms with E-state index in [0.29, 0.717) is 26.1 Å². The van der Waals surface area contributed by atoms with Crippen LogP contribution >= 0.6 is 0 Å². The molecule has 0 aromatic carbocycles. The van der Waals surface area contributed by atoms with Gasteiger partial charge in [-0.1, -0.05) is 0 Å². The van der Waals surface area contributed by atoms with Gasteiger partial charge < -0.3 is 20.2 Å². The Balaban J connectivity index is 1.88. The number of carbonyl (C=O) groups excluding carboxylic acids is 2. The summed E-state index contributed by atoms with van der Waals surface area (Å²) >= 11 is 0. The van der Waals surface area contributed by atoms with Crippen LogP contribution in [0, 0.1) is 0 Å². The van der Waals surface area contributed by atoms with Crippen LogP contribution in [0.25, 0.3) is 0 Å². The summed E-state index contributed by atoms with van der Waals surface area (Å²) in [6.45, 7) is 3.12. The van der Waals surface area contributed by atoms with Crippen LogP contribution in [-0.2, 0) is 9.59 Å². The standard InChI is InChI=1S/C13H21N3O4/c1-9(17)14-10-4-7-15(8-5-10)13(20)16-6-2-3-11(16)12(18)19/h10-11H,2-8H2,1H3,(H,14,17)(H,18,19). The number of carbonyl (C=O) groups is 3. The molecule has 0 radical (unpaired) electrons. The van der Waals surface area contributed by atoms with Crippen molar-refractivity contribution in [3.63, 3.8) is 0 Å². The average Bonchev–Trinajstić information content (AvgIpc) is 2.87. The van der Waals surface area contributed by atoms with Crippen LogP contribution in [0.1, 0.15) is 32.6 Å². The minimum atomic E-state index is -0.927. The normalized spacial score (nSPS) is 23.8. The van der Waals surface area contributed by atoms with E-state index in [0.717, 1.165) is 19.3 Å². The second-order valence-corrected chi connectivity index (χ2v) is 5.43. The van der Waals surface area contributed by atoms with Crippen LogP contribution in [0.3, 0.4) is 0 Å². The van der Waals surface area contributed by atoms with E-state index in [1.807, 2.05) is 0 Å². The first-order chi connectivity index (χ1) is 9.49. The summed E-state index contributed by atoms with van der Waals surface area (Å²) in [7, 11) is 0. The molecule has 1 unspecified atom stereocenters. The van der Waals surface area contributed by atoms with E-state index in [1.54, 1.807) is 4.90 Å². The molecule has 0 bridgehead atoms. The average molecular weight is 283 g/mol. The first kappa shape index (κ1) is 14.6. The number of urea groups is 1. The van der Waals surface area contributed by atoms with Crippen molar-refractivity contribution >= 4 is 17.9 Å². The van der Waals surface area contributed by atoms with Crippen molar-refractivity contribution in [2.24, 2.45) is 0 Å². The topological polar surface area (TPSA) is 90.0 Å². The van der Waals surface area contributed by atoms with Crippen LogP contribution < -0.4 is 5.32 Å². The summed E-state index contributed by atoms with van der Waals surface area (Å²) in [6, 6.07) is -0.753. The molecule has 7 nitrogen and oxygen atoms in total. The first-order valence-electron chi connectivity index (χ1n) is 7.04. The molecule has 2 aliphatic heterocycles. The van der Waals surface area contributed by atoms with Gasteiger partial charge in [-0.05, 0) is 25.7 Å². The number of aliphatic carboxylic acids is 1. The Hall–Kier alpha value is -1.79. The third kappa shape index (κ3) is 3.20. The fourth-order valence-electron chi connectivity index (χ4n) is 2.94. The summed E-state index contributed by atoms with van der Waals surface area (Å²) in [6.07, 6.45) is 2.71. The molecule has 2 fully saturated rings. The zero-order valence-electron chi connectivity index (χ0n) is 11.7. The van der Waals surface area contributed by atoms with Gasteiger partial charge in [-0.2, -0.15) is 0 Å². The highest BCUT2D eigenvalue weighted by Gasteiger charge is 2.37. The van der Waals surface area contributed by atoms with Crippen LogP contribution in [0.2, 0.25) is 0 Å². The monoisotopic (exact) mass is 283 g/mol. The molecular formula is C13H21N3O4. The molecule has 2 heterocycles. The van der Waals surface area contributed by atoms with Crippen molar-refractivity contribution in [1.82, 2.24) is 15.1 Å². The van der Waals surface area contributed by atoms with E-state index in [-0.39, 0.29) is 18.0 Å². The Kier molecular flexibility index (Phi) is 4.46. The van der Waals surface area contributed by atoms with Gasteiger partial charge in [-0.25, -0.2) is 9.59 Å². The SMILES string of the molecule is CC(=O)NC1CCN(C(=O)N2CCCC2C(=O)O)CC1. The lowest BCUT2D eigenvalue weighted by atomic mass is 10.1. The summed E-state index contributed by atoms with van der Waals surface area (Å²) in [5.74, 6) is -0.982. The minimum absolute atomic E-state index is 0.0553. The van der Waals surface area contributed by atoms with Gasteiger partial charge in [-0.3, -0.25) is 4.79 Å². The molecular weight excluding hydrogens is 262 g/mol. The van der Waals surface area contributed by atoms with Crippen molar-refractivity contribution < 1.29 is 19.5 Å². The molecule has 2 N–H and O–H groups in total. The van der Waals surface area contributed by atoms with Crippen molar-refractivity contribution in [1.29, 1.82) is 0 Å². The second-order valence-electron chi connectivity index (χ2n) is 5.43. The summed E-state index contributed by atoms with van der Waals surface area (Å²) in [4.78, 5) is 37.6. The van der Waals surface area contributed by atoms with Crippen LogP contribution in [0.5, 0.6) is 0 Å². The quantitative estimate of drug-likeness (QED) is 0.760. The second kappa shape index (κ2) is 6.11. The van der Waals surface area contributed by atoms with Gasteiger partial charge in [0.1, 0.15) is 6.04 Å². The molecule has 2 aliphatic rings. The lowest BCUT2D eigenvalue weighted by molar-refractivity contribution is -0.141. The molecule has 2 rings (SSSR count). The van der Waals surface area contributed by atoms with Gasteiger partial charge in [0.25, 0.3) is 0 Å². The molecule has 0 aromatic rings. The molecule has 3 amide bonds. The Labute approximate surface area is 117 Å². The van der Waals surface area contributed by atoms with Crippen molar-refractivity contribution in [3.05, 3.63) is 0 Å². The lowest BCUT2D eigenvalue weighted by Crippen LogP contribution is -2.52. The molecule has 0 aromatic heterocycles. The number of nitrogens with one attached hydrogen (secondary N) is 1. The predicted molar refractivity (Wildman–Crippen MR) is 71.2 cm³/mol. The third-order valence-corrected chi connectivity index (χ3v) is 3.96. The van der Waals surface area contributed by atoms with E-state index in [1.165, 1.54) is 11.8 Å². The zero-order valence-corrected chi connectivity index (χ0v) is 11.7. The Morgan fingerprint density at radius 3 is 2.30 bits per heavy atom. The summed E-state index contributed by atoms with van der Waals surface area (Å²) < 4.78 is 0. The fraction of sp³-hybridized carbons (Fsp3) is 0.769. The third-order valence-electron chi connectivity index (χ3n) is 3.96. The maximum atomic E-state index is 12.3. The largest absolute Gasteiger partial charge is 0.480 e. The fourth-order valence-corrected chi connectivity index (χ4v) is 2.94. The zero-order chi connectivity index (χ0) is 14.7. The highest BCUT2D eigenvalue weighted by atomic mass is 16.4. The smallest absolute Gasteiger partial charge is 0.326 e. The Morgan fingerprint density at radius 1 is 1.10 bits per heavy atom. The molecule has 112 valence electrons. The van der Waals surface area contributed by atoms with Crippen molar-refractivity contribution in [3.8, 4) is 0 Å². The number of hydrogen-bond donors (Lipinski definition) is 2. The van der Waals surface area contributed by atoms with E-state index in [4.69, 9.17) is 5.11 Å². The molecule has 0 saturated carbocycles. The molecule has 0 aliphatic carbocycles. The van der Waals surface area contributed by atoms with Gasteiger partial charge in [0.15, 0.2) is 0 Å². The van der Waals surface area contributed by atoms with Gasteiger partial charge in [0.05, 0.1) is 0 Å². The van der Waals surface area contributed by atoms with Crippen molar-refractivity contribution in [2.75, 3.05) is 19.6 Å². The van der Waals surface area contributed by atoms with Gasteiger partial charge in [-0.15, -0.1) is 0 Å². The van der Waals surface area contributed by atoms with Gasteiger partial charge >= 0.3 is 12.0 Å². The predicted octanol–water partition coefficient (Wildman–Crippen LogP) is 0.256. The lowest BCUT2D eigenvalue weighted by Gasteiger charge is -2.35. The van der Waals surface area contributed by atoms with Crippen LogP contribution in [0.15, 0.2) is 0 Å². The number of amides is 3. The highest BCUT2D eigenvalue weighted by Crippen LogP contribution is 2.21. The highest BCUT2D eigenvalue weighted by molar-refractivity contribution is 5.83. The molecule has 2 saturated heterocycles. The maximum absolute atomic E-state index is 12.3. The van der Waals surface area contributed by atoms with E-state index >= 15 is 0 Å². The maximum Gasteiger partial charge on any atom is 0.326 e. The number of carboxylic acid groups (broad SMARTS) is 1. The molecule has 1 atom stereocenters. The van der Waals surface area contributed by atoms with Crippen molar-refractivity contribution in [2.45, 2.75) is 44.7 Å². The number of nitrogens with zero attached hydrogens (tertiary/aromatic N) is 2. The van der Waals surface area contributed by atoms with Crippen LogP contribution in [-0.4, -0.2) is 64.5 Å². The summed E-state index contributed by atoms with van der Waals surface area (Å²) in [5, 5.41) is 12.0. The Bertz CT molecular complexity index is 404. The van der Waals surface area contributed by atoms with Crippen LogP contribution in [0.4, 0.5) is 4.79 Å². The van der Waals surface area contributed by atoms with E-state index in [9.17, 15) is 14.4 Å². The van der Waals surface area contributed by atoms with E-state index in [2.05, 4.69) is 5.32 Å². The minimum Gasteiger partial charge on any atom is -0.480 e. The van der Waals surface area contributed by atoms with E-state index < -0.39 is 12.0 Å². The number of rotatable bonds is 2. The molecule has 7 heteroatoms. The van der Waals surface area contributed by atoms with Gasteiger partial charge in [0, 0.05) is 32.6 Å². The number of likely N-dealkylation sites (tertiary alicyclic amines) is 2. The first-order valence-corrected chi connectivity index (χ1v) is 7.04. The molecule has 0 spiro atoms. The summed E-state index contributed by atoms with van der Waals surface area (Å²) in [5.41, 5.74) is 0. The number of carboxylic acids is 1. The number of piperidine rings is 1. The Morgan fingerprint density at radius 2 is 1.75 bits per heavy atom. The van der Waals surface area contributed by atoms with Gasteiger partial charge in [0.2, 0.25) is 5.91 Å². The molecule has 20 heavy (non-hydrogen) atoms.